The van der Waals surface area contributed by atoms with E-state index < -0.39 is 6.10 Å². The lowest BCUT2D eigenvalue weighted by molar-refractivity contribution is -0.122. The molecule has 0 saturated heterocycles. The van der Waals surface area contributed by atoms with Crippen LogP contribution in [-0.4, -0.2) is 26.2 Å². The molecule has 0 saturated carbocycles. The number of carbonyl (C=O) groups excluding carboxylic acids is 1. The zero-order valence-corrected chi connectivity index (χ0v) is 13.8. The Labute approximate surface area is 136 Å². The molecule has 0 radical (unpaired) electrons. The molecule has 2 aromatic carbocycles. The molecule has 1 atom stereocenters. The Bertz CT molecular complexity index is 684. The van der Waals surface area contributed by atoms with Gasteiger partial charge in [-0.05, 0) is 43.7 Å². The molecule has 23 heavy (non-hydrogen) atoms. The molecule has 5 nitrogen and oxygen atoms in total. The molecule has 0 spiro atoms. The van der Waals surface area contributed by atoms with Crippen molar-refractivity contribution in [3.63, 3.8) is 0 Å². The molecule has 5 heteroatoms. The van der Waals surface area contributed by atoms with Crippen molar-refractivity contribution in [3.8, 4) is 17.2 Å². The molecule has 1 N–H and O–H groups in total. The van der Waals surface area contributed by atoms with Gasteiger partial charge in [-0.15, -0.1) is 0 Å². The van der Waals surface area contributed by atoms with Gasteiger partial charge in [-0.3, -0.25) is 4.79 Å². The second-order valence-corrected chi connectivity index (χ2v) is 5.13. The smallest absolute Gasteiger partial charge is 0.265 e. The summed E-state index contributed by atoms with van der Waals surface area (Å²) in [5.41, 5.74) is 1.64. The van der Waals surface area contributed by atoms with Crippen LogP contribution in [-0.2, 0) is 4.79 Å². The Morgan fingerprint density at radius 3 is 2.48 bits per heavy atom. The average molecular weight is 315 g/mol. The van der Waals surface area contributed by atoms with Crippen molar-refractivity contribution in [2.24, 2.45) is 0 Å². The van der Waals surface area contributed by atoms with E-state index in [-0.39, 0.29) is 5.91 Å². The first-order chi connectivity index (χ1) is 11.0. The van der Waals surface area contributed by atoms with Crippen molar-refractivity contribution in [3.05, 3.63) is 48.0 Å². The second kappa shape index (κ2) is 7.54. The highest BCUT2D eigenvalue weighted by atomic mass is 16.5. The summed E-state index contributed by atoms with van der Waals surface area (Å²) in [4.78, 5) is 12.3. The van der Waals surface area contributed by atoms with Crippen molar-refractivity contribution < 1.29 is 19.0 Å². The summed E-state index contributed by atoms with van der Waals surface area (Å²) >= 11 is 0. The van der Waals surface area contributed by atoms with Crippen LogP contribution in [0.1, 0.15) is 12.5 Å². The van der Waals surface area contributed by atoms with Crippen LogP contribution in [0.2, 0.25) is 0 Å². The fraction of sp³-hybridized carbons (Fsp3) is 0.278. The van der Waals surface area contributed by atoms with Crippen molar-refractivity contribution in [1.82, 2.24) is 0 Å². The number of amides is 1. The quantitative estimate of drug-likeness (QED) is 0.887. The number of aryl methyl sites for hydroxylation is 1. The summed E-state index contributed by atoms with van der Waals surface area (Å²) in [6.45, 7) is 3.67. The lowest BCUT2D eigenvalue weighted by Crippen LogP contribution is -2.30. The summed E-state index contributed by atoms with van der Waals surface area (Å²) in [6.07, 6.45) is -0.636. The minimum atomic E-state index is -0.636. The summed E-state index contributed by atoms with van der Waals surface area (Å²) in [5.74, 6) is 1.59. The fourth-order valence-electron chi connectivity index (χ4n) is 2.08. The number of hydrogen-bond donors (Lipinski definition) is 1. The maximum Gasteiger partial charge on any atom is 0.265 e. The van der Waals surface area contributed by atoms with E-state index >= 15 is 0 Å². The van der Waals surface area contributed by atoms with Gasteiger partial charge in [0.25, 0.3) is 5.91 Å². The monoisotopic (exact) mass is 315 g/mol. The third-order valence-electron chi connectivity index (χ3n) is 3.34. The minimum Gasteiger partial charge on any atom is -0.497 e. The Morgan fingerprint density at radius 1 is 1.04 bits per heavy atom. The van der Waals surface area contributed by atoms with Gasteiger partial charge in [0.1, 0.15) is 17.2 Å². The predicted molar refractivity (Wildman–Crippen MR) is 89.4 cm³/mol. The van der Waals surface area contributed by atoms with E-state index in [1.165, 1.54) is 7.11 Å². The van der Waals surface area contributed by atoms with E-state index in [0.29, 0.717) is 22.9 Å². The molecule has 2 aromatic rings. The van der Waals surface area contributed by atoms with Gasteiger partial charge in [0, 0.05) is 6.07 Å². The largest absolute Gasteiger partial charge is 0.497 e. The molecule has 0 unspecified atom stereocenters. The number of methoxy groups -OCH3 is 2. The standard InChI is InChI=1S/C18H21NO4/c1-12-6-5-7-15(10-12)23-13(2)18(20)19-16-9-8-14(21-3)11-17(16)22-4/h5-11,13H,1-4H3,(H,19,20)/t13-/m0/s1. The summed E-state index contributed by atoms with van der Waals surface area (Å²) in [6, 6.07) is 12.8. The fourth-order valence-corrected chi connectivity index (χ4v) is 2.08. The van der Waals surface area contributed by atoms with Crippen LogP contribution in [0.15, 0.2) is 42.5 Å². The molecule has 122 valence electrons. The lowest BCUT2D eigenvalue weighted by atomic mass is 10.2. The summed E-state index contributed by atoms with van der Waals surface area (Å²) < 4.78 is 16.1. The van der Waals surface area contributed by atoms with Crippen molar-refractivity contribution in [2.45, 2.75) is 20.0 Å². The van der Waals surface area contributed by atoms with Gasteiger partial charge in [-0.25, -0.2) is 0 Å². The molecule has 0 heterocycles. The van der Waals surface area contributed by atoms with Crippen LogP contribution in [0.5, 0.6) is 17.2 Å². The van der Waals surface area contributed by atoms with Crippen LogP contribution in [0.4, 0.5) is 5.69 Å². The van der Waals surface area contributed by atoms with Crippen LogP contribution < -0.4 is 19.5 Å². The number of ether oxygens (including phenoxy) is 3. The second-order valence-electron chi connectivity index (χ2n) is 5.13. The van der Waals surface area contributed by atoms with Gasteiger partial charge < -0.3 is 19.5 Å². The summed E-state index contributed by atoms with van der Waals surface area (Å²) in [7, 11) is 3.11. The highest BCUT2D eigenvalue weighted by Gasteiger charge is 2.17. The first-order valence-corrected chi connectivity index (χ1v) is 7.29. The van der Waals surface area contributed by atoms with Crippen molar-refractivity contribution in [2.75, 3.05) is 19.5 Å². The van der Waals surface area contributed by atoms with Gasteiger partial charge in [-0.2, -0.15) is 0 Å². The molecule has 0 aliphatic carbocycles. The highest BCUT2D eigenvalue weighted by Crippen LogP contribution is 2.29. The third kappa shape index (κ3) is 4.39. The molecular weight excluding hydrogens is 294 g/mol. The normalized spacial score (nSPS) is 11.5. The Hall–Kier alpha value is -2.69. The van der Waals surface area contributed by atoms with Gasteiger partial charge in [-0.1, -0.05) is 12.1 Å². The van der Waals surface area contributed by atoms with Gasteiger partial charge in [0.15, 0.2) is 6.10 Å². The first-order valence-electron chi connectivity index (χ1n) is 7.29. The van der Waals surface area contributed by atoms with E-state index in [1.54, 1.807) is 32.2 Å². The van der Waals surface area contributed by atoms with E-state index in [9.17, 15) is 4.79 Å². The SMILES string of the molecule is COc1ccc(NC(=O)[C@H](C)Oc2cccc(C)c2)c(OC)c1. The van der Waals surface area contributed by atoms with Gasteiger partial charge >= 0.3 is 0 Å². The Morgan fingerprint density at radius 2 is 1.83 bits per heavy atom. The molecule has 0 aliphatic rings. The van der Waals surface area contributed by atoms with E-state index in [1.807, 2.05) is 31.2 Å². The molecule has 0 aromatic heterocycles. The van der Waals surface area contributed by atoms with Crippen LogP contribution in [0.25, 0.3) is 0 Å². The van der Waals surface area contributed by atoms with Gasteiger partial charge in [0.2, 0.25) is 0 Å². The van der Waals surface area contributed by atoms with Crippen LogP contribution >= 0.6 is 0 Å². The molecular formula is C18H21NO4. The lowest BCUT2D eigenvalue weighted by Gasteiger charge is -2.16. The Kier molecular flexibility index (Phi) is 5.46. The number of rotatable bonds is 6. The van der Waals surface area contributed by atoms with E-state index in [0.717, 1.165) is 5.56 Å². The molecule has 0 bridgehead atoms. The molecule has 0 fully saturated rings. The van der Waals surface area contributed by atoms with E-state index in [4.69, 9.17) is 14.2 Å². The van der Waals surface area contributed by atoms with Crippen LogP contribution in [0, 0.1) is 6.92 Å². The number of nitrogens with one attached hydrogen (secondary N) is 1. The maximum absolute atomic E-state index is 12.3. The number of anilines is 1. The van der Waals surface area contributed by atoms with Gasteiger partial charge in [0.05, 0.1) is 19.9 Å². The van der Waals surface area contributed by atoms with E-state index in [2.05, 4.69) is 5.32 Å². The number of hydrogen-bond acceptors (Lipinski definition) is 4. The third-order valence-corrected chi connectivity index (χ3v) is 3.34. The predicted octanol–water partition coefficient (Wildman–Crippen LogP) is 3.42. The van der Waals surface area contributed by atoms with Crippen LogP contribution in [0.3, 0.4) is 0 Å². The highest BCUT2D eigenvalue weighted by molar-refractivity contribution is 5.95. The number of benzene rings is 2. The average Bonchev–Trinajstić information content (AvgIpc) is 2.55. The van der Waals surface area contributed by atoms with Crippen molar-refractivity contribution in [1.29, 1.82) is 0 Å². The zero-order valence-electron chi connectivity index (χ0n) is 13.8. The molecule has 1 amide bonds. The first kappa shape index (κ1) is 16.7. The minimum absolute atomic E-state index is 0.255. The maximum atomic E-state index is 12.3. The molecule has 0 aliphatic heterocycles. The van der Waals surface area contributed by atoms with Crippen molar-refractivity contribution >= 4 is 11.6 Å². The summed E-state index contributed by atoms with van der Waals surface area (Å²) in [5, 5.41) is 2.80. The number of carbonyl (C=O) groups is 1. The zero-order chi connectivity index (χ0) is 16.8. The topological polar surface area (TPSA) is 56.8 Å². The Balaban J connectivity index is 2.06. The molecule has 2 rings (SSSR count).